The highest BCUT2D eigenvalue weighted by atomic mass is 32.2. The van der Waals surface area contributed by atoms with Crippen LogP contribution in [0.3, 0.4) is 0 Å². The van der Waals surface area contributed by atoms with Gasteiger partial charge in [0.15, 0.2) is 5.82 Å². The summed E-state index contributed by atoms with van der Waals surface area (Å²) in [6, 6.07) is 7.48. The molecule has 0 bridgehead atoms. The Hall–Kier alpha value is -2.85. The number of nitro groups is 1. The van der Waals surface area contributed by atoms with Crippen LogP contribution in [-0.2, 0) is 10.0 Å². The lowest BCUT2D eigenvalue weighted by molar-refractivity contribution is -0.384. The zero-order valence-corrected chi connectivity index (χ0v) is 14.5. The van der Waals surface area contributed by atoms with Gasteiger partial charge in [-0.05, 0) is 31.0 Å². The van der Waals surface area contributed by atoms with E-state index in [1.807, 2.05) is 0 Å². The van der Waals surface area contributed by atoms with E-state index >= 15 is 0 Å². The molecule has 0 amide bonds. The Morgan fingerprint density at radius 3 is 2.50 bits per heavy atom. The van der Waals surface area contributed by atoms with E-state index in [9.17, 15) is 18.5 Å². The van der Waals surface area contributed by atoms with Gasteiger partial charge in [0.05, 0.1) is 16.6 Å². The lowest BCUT2D eigenvalue weighted by Crippen LogP contribution is -2.28. The first-order chi connectivity index (χ1) is 12.5. The van der Waals surface area contributed by atoms with Gasteiger partial charge in [0, 0.05) is 36.8 Å². The number of nitrogens with zero attached hydrogens (tertiary/aromatic N) is 5. The van der Waals surface area contributed by atoms with E-state index in [-0.39, 0.29) is 10.6 Å². The van der Waals surface area contributed by atoms with Gasteiger partial charge in [-0.15, -0.1) is 0 Å². The fourth-order valence-corrected chi connectivity index (χ4v) is 4.49. The van der Waals surface area contributed by atoms with Crippen molar-refractivity contribution in [3.8, 4) is 5.82 Å². The van der Waals surface area contributed by atoms with Crippen molar-refractivity contribution in [2.75, 3.05) is 13.1 Å². The molecule has 0 saturated carbocycles. The molecule has 0 N–H and O–H groups in total. The second kappa shape index (κ2) is 6.15. The molecule has 0 aliphatic carbocycles. The molecule has 1 fully saturated rings. The van der Waals surface area contributed by atoms with Crippen molar-refractivity contribution in [2.24, 2.45) is 0 Å². The molecule has 0 spiro atoms. The van der Waals surface area contributed by atoms with E-state index in [1.54, 1.807) is 18.3 Å². The highest BCUT2D eigenvalue weighted by Crippen LogP contribution is 2.24. The molecular weight excluding hydrogens is 358 g/mol. The average molecular weight is 373 g/mol. The summed E-state index contributed by atoms with van der Waals surface area (Å²) in [5.41, 5.74) is 0.481. The van der Waals surface area contributed by atoms with Crippen molar-refractivity contribution >= 4 is 26.6 Å². The first kappa shape index (κ1) is 16.6. The third-order valence-electron chi connectivity index (χ3n) is 4.41. The number of benzene rings is 1. The molecular formula is C16H15N5O4S. The van der Waals surface area contributed by atoms with Gasteiger partial charge in [-0.25, -0.2) is 18.1 Å². The number of hydrogen-bond donors (Lipinski definition) is 0. The molecule has 1 aliphatic heterocycles. The number of aromatic nitrogens is 3. The van der Waals surface area contributed by atoms with E-state index in [4.69, 9.17) is 0 Å². The van der Waals surface area contributed by atoms with Crippen LogP contribution in [0, 0.1) is 10.1 Å². The molecule has 1 saturated heterocycles. The predicted molar refractivity (Wildman–Crippen MR) is 93.5 cm³/mol. The van der Waals surface area contributed by atoms with Crippen LogP contribution in [0.15, 0.2) is 47.6 Å². The maximum atomic E-state index is 12.6. The Labute approximate surface area is 149 Å². The molecule has 134 valence electrons. The summed E-state index contributed by atoms with van der Waals surface area (Å²) in [6.45, 7) is 1.05. The number of nitro benzene ring substituents is 1. The normalized spacial score (nSPS) is 15.5. The van der Waals surface area contributed by atoms with Crippen molar-refractivity contribution in [1.82, 2.24) is 19.1 Å². The quantitative estimate of drug-likeness (QED) is 0.511. The molecule has 26 heavy (non-hydrogen) atoms. The lowest BCUT2D eigenvalue weighted by atomic mass is 10.2. The monoisotopic (exact) mass is 373 g/mol. The molecule has 0 unspecified atom stereocenters. The first-order valence-electron chi connectivity index (χ1n) is 8.05. The lowest BCUT2D eigenvalue weighted by Gasteiger charge is -2.15. The van der Waals surface area contributed by atoms with Gasteiger partial charge in [0.1, 0.15) is 4.90 Å². The number of pyridine rings is 1. The number of hydrogen-bond acceptors (Lipinski definition) is 6. The number of rotatable bonds is 4. The highest BCUT2D eigenvalue weighted by molar-refractivity contribution is 7.89. The van der Waals surface area contributed by atoms with E-state index in [2.05, 4.69) is 10.1 Å². The molecule has 10 heteroatoms. The summed E-state index contributed by atoms with van der Waals surface area (Å²) in [6.07, 6.45) is 4.61. The van der Waals surface area contributed by atoms with E-state index in [1.165, 1.54) is 33.4 Å². The number of fused-ring (bicyclic) bond motifs is 1. The zero-order chi connectivity index (χ0) is 18.3. The van der Waals surface area contributed by atoms with Crippen molar-refractivity contribution in [1.29, 1.82) is 0 Å². The first-order valence-corrected chi connectivity index (χ1v) is 9.49. The van der Waals surface area contributed by atoms with Gasteiger partial charge in [0.25, 0.3) is 5.69 Å². The van der Waals surface area contributed by atoms with Crippen LogP contribution >= 0.6 is 0 Å². The van der Waals surface area contributed by atoms with E-state index in [0.717, 1.165) is 18.2 Å². The fourth-order valence-electron chi connectivity index (χ4n) is 3.03. The number of sulfonamides is 1. The molecule has 1 aliphatic rings. The van der Waals surface area contributed by atoms with Gasteiger partial charge < -0.3 is 0 Å². The minimum atomic E-state index is -3.53. The van der Waals surface area contributed by atoms with Gasteiger partial charge in [-0.1, -0.05) is 0 Å². The largest absolute Gasteiger partial charge is 0.271 e. The molecule has 0 atom stereocenters. The highest BCUT2D eigenvalue weighted by Gasteiger charge is 2.27. The third-order valence-corrected chi connectivity index (χ3v) is 6.29. The Balaban J connectivity index is 1.72. The Morgan fingerprint density at radius 2 is 1.85 bits per heavy atom. The minimum absolute atomic E-state index is 0.0486. The van der Waals surface area contributed by atoms with Crippen LogP contribution in [0.2, 0.25) is 0 Å². The summed E-state index contributed by atoms with van der Waals surface area (Å²) in [5.74, 6) is 0.390. The van der Waals surface area contributed by atoms with Gasteiger partial charge in [-0.3, -0.25) is 10.1 Å². The van der Waals surface area contributed by atoms with Gasteiger partial charge in [0.2, 0.25) is 10.0 Å². The molecule has 9 nitrogen and oxygen atoms in total. The molecule has 0 radical (unpaired) electrons. The Morgan fingerprint density at radius 1 is 1.08 bits per heavy atom. The molecule has 1 aromatic carbocycles. The van der Waals surface area contributed by atoms with Crippen LogP contribution in [0.5, 0.6) is 0 Å². The number of non-ortho nitro benzene ring substituents is 1. The van der Waals surface area contributed by atoms with Crippen LogP contribution < -0.4 is 0 Å². The smallest absolute Gasteiger partial charge is 0.258 e. The van der Waals surface area contributed by atoms with Crippen LogP contribution in [0.25, 0.3) is 16.7 Å². The molecule has 4 rings (SSSR count). The molecule has 3 heterocycles. The fraction of sp³-hybridized carbons (Fsp3) is 0.250. The SMILES string of the molecule is O=[N+]([O-])c1ccc2cnn(-c3ccc(S(=O)(=O)N4CCCC4)cn3)c2c1. The standard InChI is InChI=1S/C16H15N5O4S/c22-21(23)13-4-3-12-10-18-20(15(12)9-13)16-6-5-14(11-17-16)26(24,25)19-7-1-2-8-19/h3-6,9-11H,1-2,7-8H2. The molecule has 2 aromatic heterocycles. The summed E-state index contributed by atoms with van der Waals surface area (Å²) in [7, 11) is -3.53. The van der Waals surface area contributed by atoms with Crippen molar-refractivity contribution in [3.05, 3.63) is 52.8 Å². The van der Waals surface area contributed by atoms with E-state index < -0.39 is 14.9 Å². The summed E-state index contributed by atoms with van der Waals surface area (Å²) in [4.78, 5) is 14.8. The Kier molecular flexibility index (Phi) is 3.93. The van der Waals surface area contributed by atoms with Crippen LogP contribution in [0.4, 0.5) is 5.69 Å². The summed E-state index contributed by atoms with van der Waals surface area (Å²) in [5, 5.41) is 15.9. The predicted octanol–water partition coefficient (Wildman–Crippen LogP) is 2.11. The third kappa shape index (κ3) is 2.72. The summed E-state index contributed by atoms with van der Waals surface area (Å²) >= 11 is 0. The zero-order valence-electron chi connectivity index (χ0n) is 13.6. The maximum absolute atomic E-state index is 12.6. The van der Waals surface area contributed by atoms with E-state index in [0.29, 0.717) is 24.4 Å². The van der Waals surface area contributed by atoms with Gasteiger partial charge >= 0.3 is 0 Å². The van der Waals surface area contributed by atoms with Crippen LogP contribution in [0.1, 0.15) is 12.8 Å². The van der Waals surface area contributed by atoms with Crippen molar-refractivity contribution in [2.45, 2.75) is 17.7 Å². The average Bonchev–Trinajstić information content (AvgIpc) is 3.31. The second-order valence-corrected chi connectivity index (χ2v) is 7.96. The summed E-state index contributed by atoms with van der Waals surface area (Å²) < 4.78 is 28.0. The topological polar surface area (TPSA) is 111 Å². The van der Waals surface area contributed by atoms with Gasteiger partial charge in [-0.2, -0.15) is 9.40 Å². The van der Waals surface area contributed by atoms with Crippen LogP contribution in [-0.4, -0.2) is 45.5 Å². The molecule has 3 aromatic rings. The minimum Gasteiger partial charge on any atom is -0.258 e. The maximum Gasteiger partial charge on any atom is 0.271 e. The Bertz CT molecular complexity index is 1090. The second-order valence-electron chi connectivity index (χ2n) is 6.02. The van der Waals surface area contributed by atoms with Crippen molar-refractivity contribution in [3.63, 3.8) is 0 Å². The van der Waals surface area contributed by atoms with Crippen molar-refractivity contribution < 1.29 is 13.3 Å².